The summed E-state index contributed by atoms with van der Waals surface area (Å²) >= 11 is 0. The maximum absolute atomic E-state index is 6.36. The quantitative estimate of drug-likeness (QED) is 0.273. The molecule has 108 valence electrons. The maximum atomic E-state index is 6.36. The lowest BCUT2D eigenvalue weighted by Crippen LogP contribution is -2.53. The van der Waals surface area contributed by atoms with Gasteiger partial charge in [-0.2, -0.15) is 0 Å². The fourth-order valence-electron chi connectivity index (χ4n) is 2.33. The van der Waals surface area contributed by atoms with E-state index in [1.807, 2.05) is 0 Å². The Morgan fingerprint density at radius 1 is 0.850 bits per heavy atom. The summed E-state index contributed by atoms with van der Waals surface area (Å²) in [5.74, 6) is 0. The van der Waals surface area contributed by atoms with E-state index in [9.17, 15) is 0 Å². The van der Waals surface area contributed by atoms with Crippen LogP contribution in [0.25, 0.3) is 0 Å². The van der Waals surface area contributed by atoms with Gasteiger partial charge in [-0.15, -0.1) is 0 Å². The van der Waals surface area contributed by atoms with E-state index < -0.39 is 11.6 Å². The minimum atomic E-state index is -1.23. The first-order valence-electron chi connectivity index (χ1n) is 5.92. The SMILES string of the molecule is NC1=CC(N)C(N)(c2c(N)c(N)cc(N)c2N)C=C1N. The van der Waals surface area contributed by atoms with Crippen LogP contribution in [0.1, 0.15) is 5.56 Å². The third-order valence-corrected chi connectivity index (χ3v) is 3.54. The van der Waals surface area contributed by atoms with Gasteiger partial charge in [-0.05, 0) is 18.2 Å². The fraction of sp³-hybridized carbons (Fsp3) is 0.167. The Kier molecular flexibility index (Phi) is 2.92. The smallest absolute Gasteiger partial charge is 0.0851 e. The molecule has 1 aromatic carbocycles. The Morgan fingerprint density at radius 2 is 1.35 bits per heavy atom. The lowest BCUT2D eigenvalue weighted by Gasteiger charge is -2.37. The molecule has 20 heavy (non-hydrogen) atoms. The highest BCUT2D eigenvalue weighted by Gasteiger charge is 2.39. The second kappa shape index (κ2) is 4.22. The van der Waals surface area contributed by atoms with Gasteiger partial charge in [-0.25, -0.2) is 0 Å². The molecule has 1 aromatic rings. The number of anilines is 4. The summed E-state index contributed by atoms with van der Waals surface area (Å²) in [5.41, 5.74) is 48.4. The van der Waals surface area contributed by atoms with Crippen molar-refractivity contribution < 1.29 is 0 Å². The van der Waals surface area contributed by atoms with Crippen molar-refractivity contribution in [2.75, 3.05) is 22.9 Å². The number of hydrogen-bond acceptors (Lipinski definition) is 8. The summed E-state index contributed by atoms with van der Waals surface area (Å²) in [4.78, 5) is 0. The molecule has 16 N–H and O–H groups in total. The van der Waals surface area contributed by atoms with Crippen molar-refractivity contribution in [3.05, 3.63) is 35.2 Å². The van der Waals surface area contributed by atoms with Crippen LogP contribution < -0.4 is 45.9 Å². The predicted octanol–water partition coefficient (Wildman–Crippen LogP) is -1.80. The minimum Gasteiger partial charge on any atom is -0.397 e. The van der Waals surface area contributed by atoms with Crippen LogP contribution in [0.2, 0.25) is 0 Å². The van der Waals surface area contributed by atoms with E-state index in [4.69, 9.17) is 45.9 Å². The molecule has 0 saturated carbocycles. The Hall–Kier alpha value is -2.58. The fourth-order valence-corrected chi connectivity index (χ4v) is 2.33. The van der Waals surface area contributed by atoms with E-state index in [2.05, 4.69) is 0 Å². The predicted molar refractivity (Wildman–Crippen MR) is 82.5 cm³/mol. The molecular weight excluding hydrogens is 256 g/mol. The van der Waals surface area contributed by atoms with Gasteiger partial charge in [0.2, 0.25) is 0 Å². The maximum Gasteiger partial charge on any atom is 0.0851 e. The van der Waals surface area contributed by atoms with Gasteiger partial charge in [0.1, 0.15) is 0 Å². The monoisotopic (exact) mass is 276 g/mol. The molecule has 0 aromatic heterocycles. The number of benzene rings is 1. The van der Waals surface area contributed by atoms with Gasteiger partial charge in [-0.1, -0.05) is 0 Å². The zero-order valence-corrected chi connectivity index (χ0v) is 10.9. The van der Waals surface area contributed by atoms with Crippen LogP contribution >= 0.6 is 0 Å². The summed E-state index contributed by atoms with van der Waals surface area (Å²) in [6.07, 6.45) is 3.07. The molecule has 0 saturated heterocycles. The molecule has 0 bridgehead atoms. The minimum absolute atomic E-state index is 0.229. The van der Waals surface area contributed by atoms with Crippen molar-refractivity contribution in [3.8, 4) is 0 Å². The van der Waals surface area contributed by atoms with E-state index in [0.29, 0.717) is 17.0 Å². The molecule has 1 aliphatic carbocycles. The van der Waals surface area contributed by atoms with Gasteiger partial charge in [0, 0.05) is 5.56 Å². The molecular formula is C12H20N8. The summed E-state index contributed by atoms with van der Waals surface area (Å²) in [7, 11) is 0. The van der Waals surface area contributed by atoms with Crippen LogP contribution in [-0.4, -0.2) is 6.04 Å². The van der Waals surface area contributed by atoms with Crippen LogP contribution in [-0.2, 0) is 5.54 Å². The number of nitrogen functional groups attached to an aromatic ring is 4. The van der Waals surface area contributed by atoms with Crippen molar-refractivity contribution in [1.82, 2.24) is 0 Å². The number of hydrogen-bond donors (Lipinski definition) is 8. The molecule has 2 rings (SSSR count). The summed E-state index contributed by atoms with van der Waals surface area (Å²) in [6.45, 7) is 0. The molecule has 0 heterocycles. The molecule has 8 nitrogen and oxygen atoms in total. The van der Waals surface area contributed by atoms with Crippen LogP contribution in [0.3, 0.4) is 0 Å². The molecule has 1 aliphatic rings. The standard InChI is InChI=1S/C12H20N8/c13-4-2-8(17)12(20,3-7(4)16)9-10(18)5(14)1-6(15)11(9)19/h1-3,8H,13-20H2. The third kappa shape index (κ3) is 1.78. The molecule has 0 spiro atoms. The van der Waals surface area contributed by atoms with Crippen molar-refractivity contribution in [1.29, 1.82) is 0 Å². The largest absolute Gasteiger partial charge is 0.397 e. The zero-order chi connectivity index (χ0) is 15.2. The van der Waals surface area contributed by atoms with Crippen molar-refractivity contribution in [2.24, 2.45) is 22.9 Å². The highest BCUT2D eigenvalue weighted by Crippen LogP contribution is 2.41. The van der Waals surface area contributed by atoms with Crippen LogP contribution in [0.4, 0.5) is 22.7 Å². The van der Waals surface area contributed by atoms with E-state index in [1.165, 1.54) is 12.1 Å². The molecule has 0 aliphatic heterocycles. The number of nitrogens with two attached hydrogens (primary N) is 8. The van der Waals surface area contributed by atoms with Crippen molar-refractivity contribution >= 4 is 22.7 Å². The topological polar surface area (TPSA) is 208 Å². The second-order valence-electron chi connectivity index (χ2n) is 4.94. The average molecular weight is 276 g/mol. The van der Waals surface area contributed by atoms with Crippen LogP contribution in [0, 0.1) is 0 Å². The average Bonchev–Trinajstić information content (AvgIpc) is 2.34. The normalized spacial score (nSPS) is 26.0. The Morgan fingerprint density at radius 3 is 1.85 bits per heavy atom. The lowest BCUT2D eigenvalue weighted by molar-refractivity contribution is 0.488. The molecule has 8 heteroatoms. The van der Waals surface area contributed by atoms with Crippen molar-refractivity contribution in [3.63, 3.8) is 0 Å². The zero-order valence-electron chi connectivity index (χ0n) is 10.9. The van der Waals surface area contributed by atoms with E-state index >= 15 is 0 Å². The Bertz CT molecular complexity index is 607. The summed E-state index contributed by atoms with van der Waals surface area (Å²) in [6, 6.07) is 0.809. The van der Waals surface area contributed by atoms with Gasteiger partial charge in [0.05, 0.1) is 45.7 Å². The highest BCUT2D eigenvalue weighted by molar-refractivity contribution is 5.86. The Balaban J connectivity index is 2.74. The van der Waals surface area contributed by atoms with Gasteiger partial charge in [-0.3, -0.25) is 0 Å². The first-order valence-corrected chi connectivity index (χ1v) is 5.92. The summed E-state index contributed by atoms with van der Waals surface area (Å²) in [5, 5.41) is 0. The summed E-state index contributed by atoms with van der Waals surface area (Å²) < 4.78 is 0. The number of rotatable bonds is 1. The first kappa shape index (κ1) is 13.8. The van der Waals surface area contributed by atoms with E-state index in [0.717, 1.165) is 0 Å². The van der Waals surface area contributed by atoms with Gasteiger partial charge in [0.25, 0.3) is 0 Å². The molecule has 2 atom stereocenters. The molecule has 0 radical (unpaired) electrons. The van der Waals surface area contributed by atoms with E-state index in [1.54, 1.807) is 6.08 Å². The Labute approximate surface area is 116 Å². The van der Waals surface area contributed by atoms with Crippen LogP contribution in [0.15, 0.2) is 29.6 Å². The lowest BCUT2D eigenvalue weighted by atomic mass is 9.77. The van der Waals surface area contributed by atoms with Crippen molar-refractivity contribution in [2.45, 2.75) is 11.6 Å². The van der Waals surface area contributed by atoms with Gasteiger partial charge in [0.15, 0.2) is 0 Å². The van der Waals surface area contributed by atoms with Gasteiger partial charge < -0.3 is 45.9 Å². The second-order valence-corrected chi connectivity index (χ2v) is 4.94. The van der Waals surface area contributed by atoms with Gasteiger partial charge >= 0.3 is 0 Å². The van der Waals surface area contributed by atoms with E-state index in [-0.39, 0.29) is 22.7 Å². The highest BCUT2D eigenvalue weighted by atomic mass is 14.9. The molecule has 0 fully saturated rings. The third-order valence-electron chi connectivity index (χ3n) is 3.54. The first-order chi connectivity index (χ1) is 9.18. The van der Waals surface area contributed by atoms with Crippen LogP contribution in [0.5, 0.6) is 0 Å². The molecule has 0 amide bonds. The molecule has 2 unspecified atom stereocenters.